The van der Waals surface area contributed by atoms with E-state index in [-0.39, 0.29) is 11.3 Å². The molecule has 4 N–H and O–H groups in total. The molecule has 0 bridgehead atoms. The van der Waals surface area contributed by atoms with Crippen molar-refractivity contribution >= 4 is 17.5 Å². The molecule has 0 aliphatic heterocycles. The minimum absolute atomic E-state index is 0.105. The van der Waals surface area contributed by atoms with Gasteiger partial charge in [-0.2, -0.15) is 0 Å². The molecule has 0 aromatic carbocycles. The normalized spacial score (nSPS) is 19.1. The van der Waals surface area contributed by atoms with Crippen molar-refractivity contribution in [3.63, 3.8) is 0 Å². The van der Waals surface area contributed by atoms with Gasteiger partial charge in [-0.1, -0.05) is 13.8 Å². The quantitative estimate of drug-likeness (QED) is 0.780. The molecule has 0 amide bonds. The molecule has 5 nitrogen and oxygen atoms in total. The zero-order valence-electron chi connectivity index (χ0n) is 11.4. The monoisotopic (exact) mass is 263 g/mol. The molecule has 1 fully saturated rings. The average Bonchev–Trinajstić information content (AvgIpc) is 2.34. The number of carboxylic acids is 1. The third kappa shape index (κ3) is 3.36. The summed E-state index contributed by atoms with van der Waals surface area (Å²) in [7, 11) is 0. The Morgan fingerprint density at radius 3 is 2.68 bits per heavy atom. The highest BCUT2D eigenvalue weighted by Crippen LogP contribution is 2.36. The van der Waals surface area contributed by atoms with Crippen molar-refractivity contribution in [3.05, 3.63) is 17.8 Å². The van der Waals surface area contributed by atoms with Crippen molar-refractivity contribution in [2.24, 2.45) is 5.41 Å². The highest BCUT2D eigenvalue weighted by molar-refractivity contribution is 5.94. The highest BCUT2D eigenvalue weighted by Gasteiger charge is 2.26. The van der Waals surface area contributed by atoms with Crippen LogP contribution in [0.2, 0.25) is 0 Å². The van der Waals surface area contributed by atoms with Gasteiger partial charge in [-0.15, -0.1) is 0 Å². The number of hydrogen-bond donors (Lipinski definition) is 3. The van der Waals surface area contributed by atoms with Gasteiger partial charge >= 0.3 is 5.97 Å². The number of nitrogen functional groups attached to an aromatic ring is 1. The Balaban J connectivity index is 2.04. The summed E-state index contributed by atoms with van der Waals surface area (Å²) in [6.07, 6.45) is 5.92. The molecule has 0 spiro atoms. The second-order valence-electron chi connectivity index (χ2n) is 6.04. The molecule has 1 aromatic rings. The fourth-order valence-corrected chi connectivity index (χ4v) is 2.48. The van der Waals surface area contributed by atoms with Crippen LogP contribution in [0.3, 0.4) is 0 Å². The van der Waals surface area contributed by atoms with Crippen LogP contribution in [0.1, 0.15) is 49.9 Å². The van der Waals surface area contributed by atoms with Gasteiger partial charge in [0.15, 0.2) is 0 Å². The van der Waals surface area contributed by atoms with Gasteiger partial charge in [0, 0.05) is 6.04 Å². The number of nitrogens with two attached hydrogens (primary N) is 1. The van der Waals surface area contributed by atoms with E-state index in [2.05, 4.69) is 24.1 Å². The number of aromatic nitrogens is 1. The van der Waals surface area contributed by atoms with Gasteiger partial charge in [-0.05, 0) is 37.2 Å². The SMILES string of the molecule is CC1(C)CCC(Nc2cc(C(=O)O)c(N)cn2)CC1. The zero-order chi connectivity index (χ0) is 14.0. The first-order chi connectivity index (χ1) is 8.87. The van der Waals surface area contributed by atoms with E-state index in [9.17, 15) is 4.79 Å². The van der Waals surface area contributed by atoms with E-state index < -0.39 is 5.97 Å². The van der Waals surface area contributed by atoms with E-state index in [4.69, 9.17) is 10.8 Å². The molecular weight excluding hydrogens is 242 g/mol. The molecule has 1 heterocycles. The van der Waals surface area contributed by atoms with E-state index >= 15 is 0 Å². The third-order valence-electron chi connectivity index (χ3n) is 3.86. The summed E-state index contributed by atoms with van der Waals surface area (Å²) in [5.41, 5.74) is 6.31. The van der Waals surface area contributed by atoms with Crippen LogP contribution in [0.15, 0.2) is 12.3 Å². The molecule has 19 heavy (non-hydrogen) atoms. The van der Waals surface area contributed by atoms with Crippen molar-refractivity contribution in [1.29, 1.82) is 0 Å². The molecule has 5 heteroatoms. The second-order valence-corrected chi connectivity index (χ2v) is 6.04. The number of carbonyl (C=O) groups is 1. The first-order valence-electron chi connectivity index (χ1n) is 6.63. The molecule has 0 unspecified atom stereocenters. The van der Waals surface area contributed by atoms with Crippen molar-refractivity contribution in [2.75, 3.05) is 11.1 Å². The summed E-state index contributed by atoms with van der Waals surface area (Å²) in [5, 5.41) is 12.3. The first kappa shape index (κ1) is 13.6. The number of aromatic carboxylic acids is 1. The van der Waals surface area contributed by atoms with Crippen LogP contribution < -0.4 is 11.1 Å². The number of pyridine rings is 1. The molecule has 2 rings (SSSR count). The van der Waals surface area contributed by atoms with E-state index in [0.717, 1.165) is 12.8 Å². The fraction of sp³-hybridized carbons (Fsp3) is 0.571. The largest absolute Gasteiger partial charge is 0.478 e. The van der Waals surface area contributed by atoms with Gasteiger partial charge in [0.05, 0.1) is 17.4 Å². The van der Waals surface area contributed by atoms with E-state index in [1.165, 1.54) is 25.1 Å². The van der Waals surface area contributed by atoms with Gasteiger partial charge in [-0.25, -0.2) is 9.78 Å². The number of rotatable bonds is 3. The maximum absolute atomic E-state index is 11.0. The minimum atomic E-state index is -1.02. The molecule has 0 atom stereocenters. The minimum Gasteiger partial charge on any atom is -0.478 e. The predicted molar refractivity (Wildman–Crippen MR) is 75.3 cm³/mol. The first-order valence-corrected chi connectivity index (χ1v) is 6.63. The Hall–Kier alpha value is -1.78. The van der Waals surface area contributed by atoms with Crippen molar-refractivity contribution < 1.29 is 9.90 Å². The number of nitrogens with one attached hydrogen (secondary N) is 1. The van der Waals surface area contributed by atoms with E-state index in [1.807, 2.05) is 0 Å². The average molecular weight is 263 g/mol. The number of anilines is 2. The molecule has 0 radical (unpaired) electrons. The third-order valence-corrected chi connectivity index (χ3v) is 3.86. The van der Waals surface area contributed by atoms with Gasteiger partial charge in [0.25, 0.3) is 0 Å². The Morgan fingerprint density at radius 2 is 2.11 bits per heavy atom. The zero-order valence-corrected chi connectivity index (χ0v) is 11.4. The van der Waals surface area contributed by atoms with Crippen LogP contribution in [-0.4, -0.2) is 22.1 Å². The summed E-state index contributed by atoms with van der Waals surface area (Å²) < 4.78 is 0. The maximum atomic E-state index is 11.0. The summed E-state index contributed by atoms with van der Waals surface area (Å²) in [4.78, 5) is 15.2. The van der Waals surface area contributed by atoms with E-state index in [0.29, 0.717) is 17.3 Å². The lowest BCUT2D eigenvalue weighted by molar-refractivity contribution is 0.0698. The van der Waals surface area contributed by atoms with Gasteiger partial charge < -0.3 is 16.2 Å². The van der Waals surface area contributed by atoms with Crippen LogP contribution in [0.4, 0.5) is 11.5 Å². The van der Waals surface area contributed by atoms with Gasteiger partial charge in [0.1, 0.15) is 5.82 Å². The second kappa shape index (κ2) is 5.07. The summed E-state index contributed by atoms with van der Waals surface area (Å²) in [5.74, 6) is -0.427. The highest BCUT2D eigenvalue weighted by atomic mass is 16.4. The summed E-state index contributed by atoms with van der Waals surface area (Å²) in [6.45, 7) is 4.57. The van der Waals surface area contributed by atoms with Gasteiger partial charge in [-0.3, -0.25) is 0 Å². The number of hydrogen-bond acceptors (Lipinski definition) is 4. The topological polar surface area (TPSA) is 88.2 Å². The van der Waals surface area contributed by atoms with Crippen LogP contribution in [0.25, 0.3) is 0 Å². The Labute approximate surface area is 113 Å². The summed E-state index contributed by atoms with van der Waals surface area (Å²) in [6, 6.07) is 1.88. The molecule has 0 saturated heterocycles. The standard InChI is InChI=1S/C14H21N3O2/c1-14(2)5-3-9(4-6-14)17-12-7-10(13(18)19)11(15)8-16-12/h7-9H,3-6,15H2,1-2H3,(H,16,17)(H,18,19). The molecule has 1 saturated carbocycles. The van der Waals surface area contributed by atoms with Crippen molar-refractivity contribution in [3.8, 4) is 0 Å². The number of carboxylic acid groups (broad SMARTS) is 1. The summed E-state index contributed by atoms with van der Waals surface area (Å²) >= 11 is 0. The van der Waals surface area contributed by atoms with Crippen LogP contribution in [0.5, 0.6) is 0 Å². The molecular formula is C14H21N3O2. The Kier molecular flexibility index (Phi) is 3.64. The lowest BCUT2D eigenvalue weighted by atomic mass is 9.75. The Morgan fingerprint density at radius 1 is 1.47 bits per heavy atom. The van der Waals surface area contributed by atoms with Crippen LogP contribution in [-0.2, 0) is 0 Å². The smallest absolute Gasteiger partial charge is 0.337 e. The molecule has 1 aromatic heterocycles. The molecule has 1 aliphatic carbocycles. The predicted octanol–water partition coefficient (Wildman–Crippen LogP) is 2.74. The van der Waals surface area contributed by atoms with E-state index in [1.54, 1.807) is 0 Å². The molecule has 104 valence electrons. The Bertz CT molecular complexity index is 476. The molecule has 1 aliphatic rings. The van der Waals surface area contributed by atoms with Crippen LogP contribution >= 0.6 is 0 Å². The number of nitrogens with zero attached hydrogens (tertiary/aromatic N) is 1. The van der Waals surface area contributed by atoms with Gasteiger partial charge in [0.2, 0.25) is 0 Å². The van der Waals surface area contributed by atoms with Crippen LogP contribution in [0, 0.1) is 5.41 Å². The lowest BCUT2D eigenvalue weighted by Crippen LogP contribution is -2.30. The lowest BCUT2D eigenvalue weighted by Gasteiger charge is -2.34. The van der Waals surface area contributed by atoms with Crippen molar-refractivity contribution in [1.82, 2.24) is 4.98 Å². The van der Waals surface area contributed by atoms with Crippen molar-refractivity contribution in [2.45, 2.75) is 45.6 Å². The fourth-order valence-electron chi connectivity index (χ4n) is 2.48. The maximum Gasteiger partial charge on any atom is 0.337 e.